The number of carbonyl (C=O) groups excluding carboxylic acids is 2. The minimum Gasteiger partial charge on any atom is -0.327 e. The minimum atomic E-state index is -0.488. The highest BCUT2D eigenvalue weighted by atomic mass is 16.2. The van der Waals surface area contributed by atoms with E-state index >= 15 is 0 Å². The van der Waals surface area contributed by atoms with E-state index in [0.717, 1.165) is 37.7 Å². The number of hydrogen-bond acceptors (Lipinski definition) is 3. The van der Waals surface area contributed by atoms with Crippen molar-refractivity contribution in [2.75, 3.05) is 0 Å². The van der Waals surface area contributed by atoms with Crippen molar-refractivity contribution < 1.29 is 9.59 Å². The SMILES string of the molecule is C[C@]12CC[C@H]3[C@@H](CCC4C(N)CCC[C@@]43C)C1=CC(=O)C2=O. The van der Waals surface area contributed by atoms with Crippen LogP contribution < -0.4 is 5.73 Å². The van der Waals surface area contributed by atoms with Gasteiger partial charge in [-0.15, -0.1) is 0 Å². The molecule has 0 bridgehead atoms. The highest BCUT2D eigenvalue weighted by Gasteiger charge is 2.59. The quantitative estimate of drug-likeness (QED) is 0.700. The maximum Gasteiger partial charge on any atom is 0.222 e. The van der Waals surface area contributed by atoms with Gasteiger partial charge in [0, 0.05) is 6.04 Å². The molecular weight excluding hydrogens is 274 g/mol. The Labute approximate surface area is 132 Å². The molecule has 0 aromatic rings. The van der Waals surface area contributed by atoms with Gasteiger partial charge in [-0.2, -0.15) is 0 Å². The lowest BCUT2D eigenvalue weighted by molar-refractivity contribution is -0.139. The molecule has 0 radical (unpaired) electrons. The predicted molar refractivity (Wildman–Crippen MR) is 85.1 cm³/mol. The van der Waals surface area contributed by atoms with Gasteiger partial charge in [0.15, 0.2) is 0 Å². The van der Waals surface area contributed by atoms with Crippen molar-refractivity contribution in [3.63, 3.8) is 0 Å². The van der Waals surface area contributed by atoms with Gasteiger partial charge < -0.3 is 5.73 Å². The molecule has 3 heteroatoms. The van der Waals surface area contributed by atoms with Gasteiger partial charge in [0.2, 0.25) is 11.6 Å². The number of Topliss-reactive ketones (excluding diaryl/α,β-unsaturated/α-hetero) is 1. The molecule has 120 valence electrons. The van der Waals surface area contributed by atoms with E-state index in [-0.39, 0.29) is 11.6 Å². The molecule has 0 amide bonds. The van der Waals surface area contributed by atoms with Crippen molar-refractivity contribution in [1.29, 1.82) is 0 Å². The van der Waals surface area contributed by atoms with Crippen LogP contribution in [0.15, 0.2) is 11.6 Å². The molecule has 3 fully saturated rings. The fraction of sp³-hybridized carbons (Fsp3) is 0.789. The van der Waals surface area contributed by atoms with Crippen LogP contribution in [-0.4, -0.2) is 17.6 Å². The van der Waals surface area contributed by atoms with E-state index in [2.05, 4.69) is 6.92 Å². The van der Waals surface area contributed by atoms with Crippen LogP contribution in [0, 0.1) is 28.6 Å². The minimum absolute atomic E-state index is 0.159. The number of nitrogens with two attached hydrogens (primary N) is 1. The summed E-state index contributed by atoms with van der Waals surface area (Å²) in [7, 11) is 0. The highest BCUT2D eigenvalue weighted by molar-refractivity contribution is 6.46. The first-order valence-corrected chi connectivity index (χ1v) is 8.94. The van der Waals surface area contributed by atoms with Crippen LogP contribution in [0.5, 0.6) is 0 Å². The molecule has 4 rings (SSSR count). The lowest BCUT2D eigenvalue weighted by atomic mass is 9.46. The maximum atomic E-state index is 12.3. The summed E-state index contributed by atoms with van der Waals surface area (Å²) in [6.45, 7) is 4.44. The lowest BCUT2D eigenvalue weighted by Crippen LogP contribution is -2.55. The second-order valence-corrected chi connectivity index (χ2v) is 8.62. The second-order valence-electron chi connectivity index (χ2n) is 8.62. The summed E-state index contributed by atoms with van der Waals surface area (Å²) in [4.78, 5) is 24.3. The van der Waals surface area contributed by atoms with Crippen LogP contribution in [0.25, 0.3) is 0 Å². The van der Waals surface area contributed by atoms with Gasteiger partial charge in [0.1, 0.15) is 0 Å². The Morgan fingerprint density at radius 1 is 1.05 bits per heavy atom. The third kappa shape index (κ3) is 1.66. The molecule has 0 spiro atoms. The zero-order valence-electron chi connectivity index (χ0n) is 13.7. The number of hydrogen-bond donors (Lipinski definition) is 1. The maximum absolute atomic E-state index is 12.3. The number of allylic oxidation sites excluding steroid dienone is 2. The number of carbonyl (C=O) groups is 2. The molecule has 2 unspecified atom stereocenters. The van der Waals surface area contributed by atoms with Crippen LogP contribution in [0.2, 0.25) is 0 Å². The molecule has 2 N–H and O–H groups in total. The van der Waals surface area contributed by atoms with E-state index in [9.17, 15) is 9.59 Å². The average molecular weight is 301 g/mol. The molecule has 3 nitrogen and oxygen atoms in total. The van der Waals surface area contributed by atoms with E-state index in [0.29, 0.717) is 29.2 Å². The Morgan fingerprint density at radius 2 is 1.82 bits per heavy atom. The summed E-state index contributed by atoms with van der Waals surface area (Å²) in [6.07, 6.45) is 9.55. The first kappa shape index (κ1) is 14.6. The van der Waals surface area contributed by atoms with Gasteiger partial charge in [0.25, 0.3) is 0 Å². The van der Waals surface area contributed by atoms with E-state index in [1.54, 1.807) is 6.08 Å². The number of fused-ring (bicyclic) bond motifs is 5. The molecule has 0 saturated heterocycles. The molecule has 0 heterocycles. The summed E-state index contributed by atoms with van der Waals surface area (Å²) in [5.41, 5.74) is 7.43. The molecular formula is C19H27NO2. The van der Waals surface area contributed by atoms with E-state index in [1.165, 1.54) is 12.8 Å². The Bertz CT molecular complexity index is 580. The molecule has 0 aromatic carbocycles. The van der Waals surface area contributed by atoms with Crippen molar-refractivity contribution in [3.8, 4) is 0 Å². The van der Waals surface area contributed by atoms with Crippen LogP contribution >= 0.6 is 0 Å². The first-order chi connectivity index (χ1) is 10.4. The lowest BCUT2D eigenvalue weighted by Gasteiger charge is -2.59. The average Bonchev–Trinajstić information content (AvgIpc) is 2.71. The molecule has 6 atom stereocenters. The van der Waals surface area contributed by atoms with Crippen LogP contribution in [0.1, 0.15) is 58.8 Å². The molecule has 4 aliphatic rings. The topological polar surface area (TPSA) is 60.2 Å². The summed E-state index contributed by atoms with van der Waals surface area (Å²) >= 11 is 0. The Balaban J connectivity index is 1.73. The van der Waals surface area contributed by atoms with Crippen molar-refractivity contribution in [2.45, 2.75) is 64.8 Å². The van der Waals surface area contributed by atoms with E-state index in [1.807, 2.05) is 6.92 Å². The van der Waals surface area contributed by atoms with Gasteiger partial charge in [-0.05, 0) is 80.3 Å². The van der Waals surface area contributed by atoms with Crippen molar-refractivity contribution in [1.82, 2.24) is 0 Å². The zero-order chi connectivity index (χ0) is 15.7. The van der Waals surface area contributed by atoms with E-state index < -0.39 is 5.41 Å². The van der Waals surface area contributed by atoms with Crippen LogP contribution in [-0.2, 0) is 9.59 Å². The van der Waals surface area contributed by atoms with Crippen LogP contribution in [0.4, 0.5) is 0 Å². The van der Waals surface area contributed by atoms with Gasteiger partial charge >= 0.3 is 0 Å². The van der Waals surface area contributed by atoms with Crippen molar-refractivity contribution >= 4 is 11.6 Å². The third-order valence-corrected chi connectivity index (χ3v) is 7.74. The first-order valence-electron chi connectivity index (χ1n) is 8.94. The number of ketones is 2. The zero-order valence-corrected chi connectivity index (χ0v) is 13.7. The Hall–Kier alpha value is -0.960. The largest absolute Gasteiger partial charge is 0.327 e. The molecule has 0 aromatic heterocycles. The molecule has 3 saturated carbocycles. The molecule has 4 aliphatic carbocycles. The smallest absolute Gasteiger partial charge is 0.222 e. The van der Waals surface area contributed by atoms with Crippen LogP contribution in [0.3, 0.4) is 0 Å². The Kier molecular flexibility index (Phi) is 3.01. The van der Waals surface area contributed by atoms with Gasteiger partial charge in [-0.1, -0.05) is 13.3 Å². The summed E-state index contributed by atoms with van der Waals surface area (Å²) in [5.74, 6) is 1.25. The fourth-order valence-corrected chi connectivity index (χ4v) is 6.51. The standard InChI is InChI=1S/C19H27NO2/c1-18-8-3-4-15(20)13(18)6-5-11-12(18)7-9-19(2)14(11)10-16(21)17(19)22/h10-13,15H,3-9,20H2,1-2H3/t11-,12+,13?,15?,18-,19+/m1/s1. The Morgan fingerprint density at radius 3 is 2.59 bits per heavy atom. The fourth-order valence-electron chi connectivity index (χ4n) is 6.51. The van der Waals surface area contributed by atoms with Gasteiger partial charge in [-0.25, -0.2) is 0 Å². The van der Waals surface area contributed by atoms with Crippen molar-refractivity contribution in [2.24, 2.45) is 34.3 Å². The monoisotopic (exact) mass is 301 g/mol. The molecule has 0 aliphatic heterocycles. The summed E-state index contributed by atoms with van der Waals surface area (Å²) < 4.78 is 0. The third-order valence-electron chi connectivity index (χ3n) is 7.74. The molecule has 22 heavy (non-hydrogen) atoms. The van der Waals surface area contributed by atoms with E-state index in [4.69, 9.17) is 5.73 Å². The second kappa shape index (κ2) is 4.53. The highest BCUT2D eigenvalue weighted by Crippen LogP contribution is 2.63. The summed E-state index contributed by atoms with van der Waals surface area (Å²) in [5, 5.41) is 0. The van der Waals surface area contributed by atoms with Gasteiger partial charge in [0.05, 0.1) is 5.41 Å². The number of rotatable bonds is 0. The van der Waals surface area contributed by atoms with Crippen molar-refractivity contribution in [3.05, 3.63) is 11.6 Å². The predicted octanol–water partition coefficient (Wildman–Crippen LogP) is 3.02. The summed E-state index contributed by atoms with van der Waals surface area (Å²) in [6, 6.07) is 0.342. The van der Waals surface area contributed by atoms with Gasteiger partial charge in [-0.3, -0.25) is 9.59 Å². The normalized spacial score (nSPS) is 51.0.